The molecule has 0 unspecified atom stereocenters. The van der Waals surface area contributed by atoms with Gasteiger partial charge in [0.1, 0.15) is 5.75 Å². The van der Waals surface area contributed by atoms with Crippen molar-refractivity contribution in [1.29, 1.82) is 0 Å². The fourth-order valence-corrected chi connectivity index (χ4v) is 3.24. The van der Waals surface area contributed by atoms with E-state index in [1.807, 2.05) is 48.3 Å². The number of benzene rings is 2. The minimum atomic E-state index is -0.295. The topological polar surface area (TPSA) is 61.9 Å². The van der Waals surface area contributed by atoms with Gasteiger partial charge in [-0.1, -0.05) is 38.1 Å². The van der Waals surface area contributed by atoms with E-state index in [0.29, 0.717) is 36.0 Å². The summed E-state index contributed by atoms with van der Waals surface area (Å²) in [5.41, 5.74) is 2.24. The molecule has 0 aliphatic carbocycles. The molecule has 1 heterocycles. The summed E-state index contributed by atoms with van der Waals surface area (Å²) in [5, 5.41) is 2.82. The highest BCUT2D eigenvalue weighted by atomic mass is 16.5. The highest BCUT2D eigenvalue weighted by molar-refractivity contribution is 6.04. The molecule has 1 aliphatic rings. The number of nitrogens with zero attached hydrogens (tertiary/aromatic N) is 2. The summed E-state index contributed by atoms with van der Waals surface area (Å²) in [7, 11) is 2.05. The van der Waals surface area contributed by atoms with Gasteiger partial charge in [0, 0.05) is 26.2 Å². The smallest absolute Gasteiger partial charge is 0.262 e. The number of amides is 2. The van der Waals surface area contributed by atoms with Gasteiger partial charge in [-0.2, -0.15) is 0 Å². The van der Waals surface area contributed by atoms with Crippen molar-refractivity contribution in [3.8, 4) is 5.75 Å². The Morgan fingerprint density at radius 3 is 2.31 bits per heavy atom. The number of hydrogen-bond donors (Lipinski definition) is 1. The van der Waals surface area contributed by atoms with Crippen LogP contribution in [0.1, 0.15) is 35.7 Å². The van der Waals surface area contributed by atoms with Crippen LogP contribution < -0.4 is 10.1 Å². The lowest BCUT2D eigenvalue weighted by Gasteiger charge is -2.32. The largest absolute Gasteiger partial charge is 0.484 e. The first kappa shape index (κ1) is 20.9. The average Bonchev–Trinajstić information content (AvgIpc) is 2.73. The summed E-state index contributed by atoms with van der Waals surface area (Å²) >= 11 is 0. The number of carbonyl (C=O) groups is 2. The Balaban J connectivity index is 1.59. The Kier molecular flexibility index (Phi) is 6.88. The van der Waals surface area contributed by atoms with Crippen LogP contribution in [0.15, 0.2) is 48.5 Å². The van der Waals surface area contributed by atoms with E-state index in [-0.39, 0.29) is 18.4 Å². The van der Waals surface area contributed by atoms with Gasteiger partial charge < -0.3 is 19.9 Å². The normalized spacial score (nSPS) is 14.7. The van der Waals surface area contributed by atoms with Crippen LogP contribution in [0.5, 0.6) is 5.75 Å². The van der Waals surface area contributed by atoms with Crippen molar-refractivity contribution in [2.75, 3.05) is 45.2 Å². The van der Waals surface area contributed by atoms with Gasteiger partial charge in [0.2, 0.25) is 0 Å². The van der Waals surface area contributed by atoms with E-state index >= 15 is 0 Å². The van der Waals surface area contributed by atoms with Crippen LogP contribution in [-0.2, 0) is 4.79 Å². The van der Waals surface area contributed by atoms with Gasteiger partial charge in [-0.15, -0.1) is 0 Å². The molecule has 6 nitrogen and oxygen atoms in total. The monoisotopic (exact) mass is 395 g/mol. The molecule has 2 aromatic carbocycles. The first-order chi connectivity index (χ1) is 13.9. The molecule has 1 N–H and O–H groups in total. The molecular weight excluding hydrogens is 366 g/mol. The summed E-state index contributed by atoms with van der Waals surface area (Å²) in [6, 6.07) is 14.9. The quantitative estimate of drug-likeness (QED) is 0.816. The highest BCUT2D eigenvalue weighted by Gasteiger charge is 2.22. The molecule has 0 saturated carbocycles. The van der Waals surface area contributed by atoms with Crippen LogP contribution in [0.3, 0.4) is 0 Å². The van der Waals surface area contributed by atoms with E-state index in [1.165, 1.54) is 5.56 Å². The minimum absolute atomic E-state index is 0.0563. The Morgan fingerprint density at radius 1 is 1.00 bits per heavy atom. The second-order valence-electron chi connectivity index (χ2n) is 7.70. The lowest BCUT2D eigenvalue weighted by atomic mass is 10.0. The third kappa shape index (κ3) is 5.57. The lowest BCUT2D eigenvalue weighted by Crippen LogP contribution is -2.47. The Hall–Kier alpha value is -2.86. The third-order valence-corrected chi connectivity index (χ3v) is 5.14. The van der Waals surface area contributed by atoms with Gasteiger partial charge in [0.25, 0.3) is 11.8 Å². The lowest BCUT2D eigenvalue weighted by molar-refractivity contribution is -0.118. The Labute approximate surface area is 172 Å². The van der Waals surface area contributed by atoms with E-state index in [9.17, 15) is 9.59 Å². The SMILES string of the molecule is CC(C)c1ccc(OCC(=O)Nc2ccccc2C(=O)N2CCN(C)CC2)cc1. The molecule has 2 aromatic rings. The highest BCUT2D eigenvalue weighted by Crippen LogP contribution is 2.20. The summed E-state index contributed by atoms with van der Waals surface area (Å²) in [4.78, 5) is 29.3. The van der Waals surface area contributed by atoms with Gasteiger partial charge >= 0.3 is 0 Å². The molecule has 1 fully saturated rings. The van der Waals surface area contributed by atoms with Crippen molar-refractivity contribution in [2.24, 2.45) is 0 Å². The van der Waals surface area contributed by atoms with Crippen molar-refractivity contribution in [2.45, 2.75) is 19.8 Å². The number of piperazine rings is 1. The molecule has 2 amide bonds. The van der Waals surface area contributed by atoms with Crippen molar-refractivity contribution < 1.29 is 14.3 Å². The number of carbonyl (C=O) groups excluding carboxylic acids is 2. The van der Waals surface area contributed by atoms with Gasteiger partial charge in [0.05, 0.1) is 11.3 Å². The zero-order valence-corrected chi connectivity index (χ0v) is 17.4. The third-order valence-electron chi connectivity index (χ3n) is 5.14. The van der Waals surface area contributed by atoms with Crippen LogP contribution in [0.25, 0.3) is 0 Å². The molecule has 0 radical (unpaired) electrons. The van der Waals surface area contributed by atoms with Crippen molar-refractivity contribution in [3.63, 3.8) is 0 Å². The summed E-state index contributed by atoms with van der Waals surface area (Å²) in [6.07, 6.45) is 0. The number of para-hydroxylation sites is 1. The first-order valence-corrected chi connectivity index (χ1v) is 10.0. The predicted molar refractivity (Wildman–Crippen MR) is 114 cm³/mol. The van der Waals surface area contributed by atoms with Crippen LogP contribution in [0, 0.1) is 0 Å². The molecule has 0 aromatic heterocycles. The zero-order valence-electron chi connectivity index (χ0n) is 17.4. The first-order valence-electron chi connectivity index (χ1n) is 10.0. The van der Waals surface area contributed by atoms with Crippen LogP contribution in [-0.4, -0.2) is 61.4 Å². The number of ether oxygens (including phenoxy) is 1. The fourth-order valence-electron chi connectivity index (χ4n) is 3.24. The standard InChI is InChI=1S/C23H29N3O3/c1-17(2)18-8-10-19(11-9-18)29-16-22(27)24-21-7-5-4-6-20(21)23(28)26-14-12-25(3)13-15-26/h4-11,17H,12-16H2,1-3H3,(H,24,27). The zero-order chi connectivity index (χ0) is 20.8. The van der Waals surface area contributed by atoms with Crippen LogP contribution in [0.2, 0.25) is 0 Å². The van der Waals surface area contributed by atoms with Crippen molar-refractivity contribution in [3.05, 3.63) is 59.7 Å². The molecule has 6 heteroatoms. The van der Waals surface area contributed by atoms with Gasteiger partial charge in [-0.25, -0.2) is 0 Å². The number of rotatable bonds is 6. The number of likely N-dealkylation sites (N-methyl/N-ethyl adjacent to an activating group) is 1. The van der Waals surface area contributed by atoms with Gasteiger partial charge in [-0.05, 0) is 42.8 Å². The second-order valence-corrected chi connectivity index (χ2v) is 7.70. The van der Waals surface area contributed by atoms with E-state index in [1.54, 1.807) is 12.1 Å². The molecule has 154 valence electrons. The number of nitrogens with one attached hydrogen (secondary N) is 1. The molecule has 3 rings (SSSR count). The Bertz CT molecular complexity index is 841. The van der Waals surface area contributed by atoms with Crippen LogP contribution in [0.4, 0.5) is 5.69 Å². The van der Waals surface area contributed by atoms with E-state index in [0.717, 1.165) is 13.1 Å². The molecular formula is C23H29N3O3. The number of anilines is 1. The van der Waals surface area contributed by atoms with Crippen molar-refractivity contribution >= 4 is 17.5 Å². The minimum Gasteiger partial charge on any atom is -0.484 e. The van der Waals surface area contributed by atoms with Crippen LogP contribution >= 0.6 is 0 Å². The maximum atomic E-state index is 12.9. The maximum absolute atomic E-state index is 12.9. The Morgan fingerprint density at radius 2 is 1.66 bits per heavy atom. The van der Waals surface area contributed by atoms with Gasteiger partial charge in [-0.3, -0.25) is 9.59 Å². The van der Waals surface area contributed by atoms with Crippen molar-refractivity contribution in [1.82, 2.24) is 9.80 Å². The second kappa shape index (κ2) is 9.56. The summed E-state index contributed by atoms with van der Waals surface area (Å²) in [6.45, 7) is 7.22. The number of hydrogen-bond acceptors (Lipinski definition) is 4. The predicted octanol–water partition coefficient (Wildman–Crippen LogP) is 3.22. The molecule has 0 atom stereocenters. The van der Waals surface area contributed by atoms with E-state index in [2.05, 4.69) is 24.1 Å². The van der Waals surface area contributed by atoms with Gasteiger partial charge in [0.15, 0.2) is 6.61 Å². The molecule has 0 spiro atoms. The summed E-state index contributed by atoms with van der Waals surface area (Å²) < 4.78 is 5.59. The van der Waals surface area contributed by atoms with E-state index < -0.39 is 0 Å². The molecule has 1 aliphatic heterocycles. The fraction of sp³-hybridized carbons (Fsp3) is 0.391. The van der Waals surface area contributed by atoms with E-state index in [4.69, 9.17) is 4.74 Å². The average molecular weight is 396 g/mol. The molecule has 0 bridgehead atoms. The maximum Gasteiger partial charge on any atom is 0.262 e. The summed E-state index contributed by atoms with van der Waals surface area (Å²) in [5.74, 6) is 0.740. The molecule has 1 saturated heterocycles. The molecule has 29 heavy (non-hydrogen) atoms.